The quantitative estimate of drug-likeness (QED) is 0.579. The van der Waals surface area contributed by atoms with E-state index in [1.807, 2.05) is 0 Å². The van der Waals surface area contributed by atoms with E-state index in [2.05, 4.69) is 13.5 Å². The highest BCUT2D eigenvalue weighted by Gasteiger charge is 2.27. The van der Waals surface area contributed by atoms with Crippen LogP contribution in [0.3, 0.4) is 0 Å². The van der Waals surface area contributed by atoms with Gasteiger partial charge in [0.1, 0.15) is 0 Å². The van der Waals surface area contributed by atoms with Crippen molar-refractivity contribution in [2.45, 2.75) is 45.4 Å². The lowest BCUT2D eigenvalue weighted by molar-refractivity contribution is -0.116. The van der Waals surface area contributed by atoms with Crippen molar-refractivity contribution in [3.8, 4) is 0 Å². The molecule has 1 heteroatoms. The number of hydrogen-bond acceptors (Lipinski definition) is 1. The summed E-state index contributed by atoms with van der Waals surface area (Å²) < 4.78 is 0. The number of allylic oxidation sites excluding steroid dienone is 3. The van der Waals surface area contributed by atoms with E-state index in [0.29, 0.717) is 11.7 Å². The molecule has 0 heterocycles. The van der Waals surface area contributed by atoms with E-state index in [0.717, 1.165) is 31.3 Å². The molecule has 2 aliphatic rings. The lowest BCUT2D eigenvalue weighted by Gasteiger charge is -2.29. The van der Waals surface area contributed by atoms with Gasteiger partial charge >= 0.3 is 0 Å². The van der Waals surface area contributed by atoms with Crippen LogP contribution >= 0.6 is 0 Å². The van der Waals surface area contributed by atoms with Crippen LogP contribution in [-0.4, -0.2) is 5.78 Å². The Morgan fingerprint density at radius 2 is 2.14 bits per heavy atom. The molecule has 1 atom stereocenters. The summed E-state index contributed by atoms with van der Waals surface area (Å²) in [7, 11) is 0. The predicted octanol–water partition coefficient (Wildman–Crippen LogP) is 3.41. The van der Waals surface area contributed by atoms with Gasteiger partial charge in [0.15, 0.2) is 5.78 Å². The number of Topliss-reactive ketones (excluding diaryl/α,β-unsaturated/α-hetero) is 1. The third-order valence-corrected chi connectivity index (χ3v) is 3.59. The van der Waals surface area contributed by atoms with Gasteiger partial charge in [-0.25, -0.2) is 0 Å². The molecule has 0 spiro atoms. The lowest BCUT2D eigenvalue weighted by Crippen LogP contribution is -2.20. The average molecular weight is 190 g/mol. The van der Waals surface area contributed by atoms with Crippen LogP contribution in [0.1, 0.15) is 45.4 Å². The Morgan fingerprint density at radius 1 is 1.36 bits per heavy atom. The summed E-state index contributed by atoms with van der Waals surface area (Å²) in [4.78, 5) is 11.7. The van der Waals surface area contributed by atoms with Crippen molar-refractivity contribution in [3.05, 3.63) is 23.3 Å². The van der Waals surface area contributed by atoms with Gasteiger partial charge in [0.05, 0.1) is 0 Å². The summed E-state index contributed by atoms with van der Waals surface area (Å²) in [6.45, 7) is 6.09. The first-order valence-corrected chi connectivity index (χ1v) is 5.58. The normalized spacial score (nSPS) is 27.5. The van der Waals surface area contributed by atoms with E-state index in [9.17, 15) is 4.79 Å². The highest BCUT2D eigenvalue weighted by atomic mass is 16.1. The van der Waals surface area contributed by atoms with Crippen molar-refractivity contribution in [2.24, 2.45) is 5.92 Å². The number of carbonyl (C=O) groups excluding carboxylic acids is 1. The third-order valence-electron chi connectivity index (χ3n) is 3.59. The summed E-state index contributed by atoms with van der Waals surface area (Å²) in [5, 5.41) is 0. The maximum Gasteiger partial charge on any atom is 0.158 e. The van der Waals surface area contributed by atoms with Crippen LogP contribution in [0.15, 0.2) is 23.3 Å². The van der Waals surface area contributed by atoms with Crippen LogP contribution in [0.25, 0.3) is 0 Å². The molecule has 0 saturated carbocycles. The molecule has 0 aliphatic heterocycles. The average Bonchev–Trinajstić information content (AvgIpc) is 2.18. The van der Waals surface area contributed by atoms with Gasteiger partial charge in [-0.2, -0.15) is 0 Å². The number of hydrogen-bond donors (Lipinski definition) is 0. The monoisotopic (exact) mass is 190 g/mol. The first-order chi connectivity index (χ1) is 6.68. The third kappa shape index (κ3) is 1.68. The van der Waals surface area contributed by atoms with Gasteiger partial charge in [0.25, 0.3) is 0 Å². The van der Waals surface area contributed by atoms with Crippen molar-refractivity contribution < 1.29 is 4.79 Å². The lowest BCUT2D eigenvalue weighted by atomic mass is 9.75. The molecule has 0 bridgehead atoms. The SMILES string of the molecule is C=C(C)[C@@H]1CCC2=C(C1)C(=O)CCC2. The largest absolute Gasteiger partial charge is 0.295 e. The van der Waals surface area contributed by atoms with Crippen LogP contribution in [0, 0.1) is 5.92 Å². The topological polar surface area (TPSA) is 17.1 Å². The molecule has 0 N–H and O–H groups in total. The molecule has 14 heavy (non-hydrogen) atoms. The Labute approximate surface area is 85.9 Å². The second-order valence-corrected chi connectivity index (χ2v) is 4.64. The molecular formula is C13H18O. The van der Waals surface area contributed by atoms with Crippen molar-refractivity contribution in [3.63, 3.8) is 0 Å². The Hall–Kier alpha value is -0.850. The molecule has 2 aliphatic carbocycles. The highest BCUT2D eigenvalue weighted by Crippen LogP contribution is 2.38. The van der Waals surface area contributed by atoms with Gasteiger partial charge < -0.3 is 0 Å². The standard InChI is InChI=1S/C13H18O/c1-9(2)11-7-6-10-4-3-5-13(14)12(10)8-11/h11H,1,3-8H2,2H3/t11-/m1/s1. The zero-order valence-corrected chi connectivity index (χ0v) is 8.94. The van der Waals surface area contributed by atoms with Crippen molar-refractivity contribution in [1.29, 1.82) is 0 Å². The Kier molecular flexibility index (Phi) is 2.58. The summed E-state index contributed by atoms with van der Waals surface area (Å²) >= 11 is 0. The zero-order valence-electron chi connectivity index (χ0n) is 8.94. The number of ketones is 1. The van der Waals surface area contributed by atoms with E-state index >= 15 is 0 Å². The van der Waals surface area contributed by atoms with Crippen LogP contribution < -0.4 is 0 Å². The van der Waals surface area contributed by atoms with Crippen molar-refractivity contribution in [2.75, 3.05) is 0 Å². The minimum atomic E-state index is 0.414. The molecule has 0 unspecified atom stereocenters. The fourth-order valence-corrected chi connectivity index (χ4v) is 2.61. The van der Waals surface area contributed by atoms with Gasteiger partial charge in [-0.15, -0.1) is 0 Å². The minimum absolute atomic E-state index is 0.414. The maximum atomic E-state index is 11.7. The van der Waals surface area contributed by atoms with Crippen molar-refractivity contribution in [1.82, 2.24) is 0 Å². The molecule has 76 valence electrons. The van der Waals surface area contributed by atoms with E-state index < -0.39 is 0 Å². The van der Waals surface area contributed by atoms with Crippen LogP contribution in [0.5, 0.6) is 0 Å². The van der Waals surface area contributed by atoms with E-state index in [4.69, 9.17) is 0 Å². The van der Waals surface area contributed by atoms with Crippen LogP contribution in [0.2, 0.25) is 0 Å². The second kappa shape index (κ2) is 3.72. The molecule has 1 nitrogen and oxygen atoms in total. The summed E-state index contributed by atoms with van der Waals surface area (Å²) in [6.07, 6.45) is 6.35. The van der Waals surface area contributed by atoms with Gasteiger partial charge in [0, 0.05) is 6.42 Å². The van der Waals surface area contributed by atoms with Crippen LogP contribution in [-0.2, 0) is 4.79 Å². The second-order valence-electron chi connectivity index (χ2n) is 4.64. The predicted molar refractivity (Wildman–Crippen MR) is 58.0 cm³/mol. The van der Waals surface area contributed by atoms with E-state index in [-0.39, 0.29) is 0 Å². The fourth-order valence-electron chi connectivity index (χ4n) is 2.61. The van der Waals surface area contributed by atoms with E-state index in [1.54, 1.807) is 0 Å². The highest BCUT2D eigenvalue weighted by molar-refractivity contribution is 5.97. The number of carbonyl (C=O) groups is 1. The first-order valence-electron chi connectivity index (χ1n) is 5.58. The Bertz CT molecular complexity index is 309. The molecular weight excluding hydrogens is 172 g/mol. The molecule has 0 amide bonds. The molecule has 0 saturated heterocycles. The van der Waals surface area contributed by atoms with Gasteiger partial charge in [-0.1, -0.05) is 17.7 Å². The summed E-state index contributed by atoms with van der Waals surface area (Å²) in [6, 6.07) is 0. The minimum Gasteiger partial charge on any atom is -0.295 e. The molecule has 0 fully saturated rings. The molecule has 0 radical (unpaired) electrons. The van der Waals surface area contributed by atoms with Gasteiger partial charge in [-0.3, -0.25) is 4.79 Å². The summed E-state index contributed by atoms with van der Waals surface area (Å²) in [5.74, 6) is 0.980. The van der Waals surface area contributed by atoms with Gasteiger partial charge in [0.2, 0.25) is 0 Å². The Morgan fingerprint density at radius 3 is 2.86 bits per heavy atom. The van der Waals surface area contributed by atoms with Crippen LogP contribution in [0.4, 0.5) is 0 Å². The molecule has 0 aromatic heterocycles. The smallest absolute Gasteiger partial charge is 0.158 e. The molecule has 0 aromatic rings. The van der Waals surface area contributed by atoms with Crippen molar-refractivity contribution >= 4 is 5.78 Å². The maximum absolute atomic E-state index is 11.7. The Balaban J connectivity index is 2.20. The van der Waals surface area contributed by atoms with Gasteiger partial charge in [-0.05, 0) is 50.5 Å². The molecule has 2 rings (SSSR count). The number of rotatable bonds is 1. The first kappa shape index (κ1) is 9.70. The molecule has 0 aromatic carbocycles. The fraction of sp³-hybridized carbons (Fsp3) is 0.615. The zero-order chi connectivity index (χ0) is 10.1. The summed E-state index contributed by atoms with van der Waals surface area (Å²) in [5.41, 5.74) is 3.86. The van der Waals surface area contributed by atoms with E-state index in [1.165, 1.54) is 24.0 Å².